The predicted molar refractivity (Wildman–Crippen MR) is 110 cm³/mol. The lowest BCUT2D eigenvalue weighted by atomic mass is 10.1. The molecular formula is C22H17N5O. The van der Waals surface area contributed by atoms with E-state index in [4.69, 9.17) is 10.00 Å². The molecule has 0 aliphatic carbocycles. The number of nitriles is 1. The first-order valence-electron chi connectivity index (χ1n) is 8.74. The Balaban J connectivity index is 1.60. The fraction of sp³-hybridized carbons (Fsp3) is 0.0455. The van der Waals surface area contributed by atoms with Gasteiger partial charge in [-0.05, 0) is 47.2 Å². The number of hydrogen-bond acceptors (Lipinski definition) is 6. The van der Waals surface area contributed by atoms with E-state index in [0.717, 1.165) is 16.5 Å². The lowest BCUT2D eigenvalue weighted by molar-refractivity contribution is 0.463. The third kappa shape index (κ3) is 3.84. The number of nitrogens with one attached hydrogen (secondary N) is 2. The second-order valence-corrected chi connectivity index (χ2v) is 6.09. The van der Waals surface area contributed by atoms with E-state index in [2.05, 4.69) is 32.7 Å². The van der Waals surface area contributed by atoms with E-state index in [1.807, 2.05) is 36.4 Å². The van der Waals surface area contributed by atoms with E-state index in [9.17, 15) is 0 Å². The van der Waals surface area contributed by atoms with Gasteiger partial charge in [0.25, 0.3) is 0 Å². The molecule has 136 valence electrons. The molecule has 0 spiro atoms. The molecule has 3 aromatic carbocycles. The van der Waals surface area contributed by atoms with Gasteiger partial charge in [-0.3, -0.25) is 0 Å². The Morgan fingerprint density at radius 1 is 0.893 bits per heavy atom. The fourth-order valence-corrected chi connectivity index (χ4v) is 2.77. The van der Waals surface area contributed by atoms with Gasteiger partial charge in [0.15, 0.2) is 0 Å². The molecule has 1 aromatic heterocycles. The normalized spacial score (nSPS) is 10.3. The molecule has 0 bridgehead atoms. The van der Waals surface area contributed by atoms with Crippen molar-refractivity contribution in [2.45, 2.75) is 0 Å². The van der Waals surface area contributed by atoms with Crippen molar-refractivity contribution in [1.82, 2.24) is 9.97 Å². The first kappa shape index (κ1) is 17.3. The molecule has 4 aromatic rings. The number of rotatable bonds is 5. The van der Waals surface area contributed by atoms with Crippen LogP contribution in [0.4, 0.5) is 17.5 Å². The van der Waals surface area contributed by atoms with Crippen LogP contribution in [0.5, 0.6) is 11.6 Å². The summed E-state index contributed by atoms with van der Waals surface area (Å²) in [6, 6.07) is 24.9. The topological polar surface area (TPSA) is 82.9 Å². The quantitative estimate of drug-likeness (QED) is 0.512. The number of fused-ring (bicyclic) bond motifs is 1. The average molecular weight is 367 g/mol. The SMILES string of the molecule is CNc1cc(Oc2ccc3ccccc3c2)nc(Nc2ccc(C#N)cc2)n1. The van der Waals surface area contributed by atoms with E-state index in [1.54, 1.807) is 37.4 Å². The summed E-state index contributed by atoms with van der Waals surface area (Å²) in [7, 11) is 1.79. The van der Waals surface area contributed by atoms with Crippen molar-refractivity contribution in [3.8, 4) is 17.7 Å². The molecule has 0 radical (unpaired) electrons. The Bertz CT molecular complexity index is 1170. The average Bonchev–Trinajstić information content (AvgIpc) is 2.74. The zero-order valence-corrected chi connectivity index (χ0v) is 15.2. The lowest BCUT2D eigenvalue weighted by Crippen LogP contribution is -2.02. The minimum Gasteiger partial charge on any atom is -0.439 e. The van der Waals surface area contributed by atoms with Gasteiger partial charge in [-0.2, -0.15) is 15.2 Å². The summed E-state index contributed by atoms with van der Waals surface area (Å²) in [5, 5.41) is 17.3. The van der Waals surface area contributed by atoms with Crippen LogP contribution in [0.3, 0.4) is 0 Å². The van der Waals surface area contributed by atoms with Crippen molar-refractivity contribution >= 4 is 28.2 Å². The smallest absolute Gasteiger partial charge is 0.232 e. The monoisotopic (exact) mass is 367 g/mol. The van der Waals surface area contributed by atoms with Gasteiger partial charge in [0, 0.05) is 18.8 Å². The van der Waals surface area contributed by atoms with E-state index in [1.165, 1.54) is 0 Å². The van der Waals surface area contributed by atoms with Crippen molar-refractivity contribution in [3.05, 3.63) is 78.4 Å². The first-order valence-corrected chi connectivity index (χ1v) is 8.74. The van der Waals surface area contributed by atoms with Gasteiger partial charge in [0.1, 0.15) is 11.6 Å². The highest BCUT2D eigenvalue weighted by molar-refractivity contribution is 5.83. The highest BCUT2D eigenvalue weighted by atomic mass is 16.5. The van der Waals surface area contributed by atoms with E-state index >= 15 is 0 Å². The Labute approximate surface area is 162 Å². The molecule has 2 N–H and O–H groups in total. The molecule has 6 heteroatoms. The van der Waals surface area contributed by atoms with Crippen LogP contribution in [0, 0.1) is 11.3 Å². The molecule has 4 rings (SSSR count). The second-order valence-electron chi connectivity index (χ2n) is 6.09. The van der Waals surface area contributed by atoms with Crippen LogP contribution in [0.15, 0.2) is 72.8 Å². The maximum atomic E-state index is 8.91. The van der Waals surface area contributed by atoms with Crippen molar-refractivity contribution in [2.24, 2.45) is 0 Å². The van der Waals surface area contributed by atoms with Crippen LogP contribution in [-0.2, 0) is 0 Å². The third-order valence-electron chi connectivity index (χ3n) is 4.17. The minimum absolute atomic E-state index is 0.396. The number of ether oxygens (including phenoxy) is 1. The van der Waals surface area contributed by atoms with Gasteiger partial charge in [-0.15, -0.1) is 0 Å². The standard InChI is InChI=1S/C22H17N5O/c1-24-20-13-21(28-19-11-8-16-4-2-3-5-17(16)12-19)27-22(26-20)25-18-9-6-15(14-23)7-10-18/h2-13H,1H3,(H2,24,25,26,27). The van der Waals surface area contributed by atoms with Gasteiger partial charge >= 0.3 is 0 Å². The molecule has 0 saturated carbocycles. The van der Waals surface area contributed by atoms with Gasteiger partial charge < -0.3 is 15.4 Å². The lowest BCUT2D eigenvalue weighted by Gasteiger charge is -2.11. The van der Waals surface area contributed by atoms with Crippen LogP contribution in [-0.4, -0.2) is 17.0 Å². The number of aromatic nitrogens is 2. The molecule has 0 atom stereocenters. The van der Waals surface area contributed by atoms with E-state index in [0.29, 0.717) is 29.0 Å². The van der Waals surface area contributed by atoms with Crippen LogP contribution in [0.25, 0.3) is 10.8 Å². The molecule has 0 unspecified atom stereocenters. The molecule has 0 fully saturated rings. The van der Waals surface area contributed by atoms with Gasteiger partial charge in [-0.1, -0.05) is 30.3 Å². The minimum atomic E-state index is 0.396. The second kappa shape index (κ2) is 7.64. The maximum Gasteiger partial charge on any atom is 0.232 e. The summed E-state index contributed by atoms with van der Waals surface area (Å²) < 4.78 is 5.97. The van der Waals surface area contributed by atoms with Crippen LogP contribution in [0.1, 0.15) is 5.56 Å². The van der Waals surface area contributed by atoms with Crippen molar-refractivity contribution < 1.29 is 4.74 Å². The molecule has 28 heavy (non-hydrogen) atoms. The van der Waals surface area contributed by atoms with Crippen molar-refractivity contribution in [3.63, 3.8) is 0 Å². The molecule has 0 aliphatic rings. The Kier molecular flexibility index (Phi) is 4.72. The summed E-state index contributed by atoms with van der Waals surface area (Å²) in [6.07, 6.45) is 0. The molecule has 0 aliphatic heterocycles. The summed E-state index contributed by atoms with van der Waals surface area (Å²) in [5.41, 5.74) is 1.37. The van der Waals surface area contributed by atoms with Gasteiger partial charge in [-0.25, -0.2) is 0 Å². The zero-order valence-electron chi connectivity index (χ0n) is 15.2. The highest BCUT2D eigenvalue weighted by Gasteiger charge is 2.07. The third-order valence-corrected chi connectivity index (χ3v) is 4.17. The highest BCUT2D eigenvalue weighted by Crippen LogP contribution is 2.27. The Morgan fingerprint density at radius 3 is 2.43 bits per heavy atom. The maximum absolute atomic E-state index is 8.91. The van der Waals surface area contributed by atoms with E-state index < -0.39 is 0 Å². The van der Waals surface area contributed by atoms with E-state index in [-0.39, 0.29) is 0 Å². The van der Waals surface area contributed by atoms with Crippen molar-refractivity contribution in [2.75, 3.05) is 17.7 Å². The summed E-state index contributed by atoms with van der Waals surface area (Å²) in [6.45, 7) is 0. The van der Waals surface area contributed by atoms with Gasteiger partial charge in [0.2, 0.25) is 11.8 Å². The zero-order chi connectivity index (χ0) is 19.3. The molecule has 0 amide bonds. The number of nitrogens with zero attached hydrogens (tertiary/aromatic N) is 3. The Hall–Kier alpha value is -4.11. The van der Waals surface area contributed by atoms with Crippen LogP contribution < -0.4 is 15.4 Å². The summed E-state index contributed by atoms with van der Waals surface area (Å²) in [5.74, 6) is 2.14. The molecular weight excluding hydrogens is 350 g/mol. The van der Waals surface area contributed by atoms with Crippen molar-refractivity contribution in [1.29, 1.82) is 5.26 Å². The summed E-state index contributed by atoms with van der Waals surface area (Å²) >= 11 is 0. The molecule has 1 heterocycles. The fourth-order valence-electron chi connectivity index (χ4n) is 2.77. The predicted octanol–water partition coefficient (Wildman–Crippen LogP) is 5.08. The first-order chi connectivity index (χ1) is 13.7. The summed E-state index contributed by atoms with van der Waals surface area (Å²) in [4.78, 5) is 8.85. The molecule has 0 saturated heterocycles. The molecule has 6 nitrogen and oxygen atoms in total. The van der Waals surface area contributed by atoms with Crippen LogP contribution in [0.2, 0.25) is 0 Å². The Morgan fingerprint density at radius 2 is 1.68 bits per heavy atom. The number of hydrogen-bond donors (Lipinski definition) is 2. The number of benzene rings is 3. The number of anilines is 3. The van der Waals surface area contributed by atoms with Gasteiger partial charge in [0.05, 0.1) is 11.6 Å². The largest absolute Gasteiger partial charge is 0.439 e. The van der Waals surface area contributed by atoms with Crippen LogP contribution >= 0.6 is 0 Å².